The Morgan fingerprint density at radius 2 is 1.88 bits per heavy atom. The van der Waals surface area contributed by atoms with Crippen LogP contribution in [0.5, 0.6) is 0 Å². The van der Waals surface area contributed by atoms with Gasteiger partial charge in [-0.15, -0.1) is 11.3 Å². The van der Waals surface area contributed by atoms with Gasteiger partial charge in [0.2, 0.25) is 0 Å². The number of carboxylic acid groups (broad SMARTS) is 1. The molecular weight excluding hydrogens is 350 g/mol. The van der Waals surface area contributed by atoms with Gasteiger partial charge in [-0.3, -0.25) is 19.1 Å². The Labute approximate surface area is 152 Å². The Morgan fingerprint density at radius 1 is 1.12 bits per heavy atom. The van der Waals surface area contributed by atoms with Gasteiger partial charge in [-0.05, 0) is 17.7 Å². The zero-order valence-electron chi connectivity index (χ0n) is 13.5. The van der Waals surface area contributed by atoms with Crippen molar-refractivity contribution in [2.24, 2.45) is 0 Å². The van der Waals surface area contributed by atoms with Crippen LogP contribution in [0.15, 0.2) is 64.9 Å². The molecule has 0 fully saturated rings. The minimum atomic E-state index is -1.11. The summed E-state index contributed by atoms with van der Waals surface area (Å²) in [6.45, 7) is -0.474. The van der Waals surface area contributed by atoms with E-state index in [9.17, 15) is 14.7 Å². The van der Waals surface area contributed by atoms with E-state index < -0.39 is 12.5 Å². The van der Waals surface area contributed by atoms with E-state index in [-0.39, 0.29) is 11.4 Å². The minimum Gasteiger partial charge on any atom is -0.480 e. The zero-order chi connectivity index (χ0) is 18.1. The first-order valence-corrected chi connectivity index (χ1v) is 8.74. The third kappa shape index (κ3) is 2.78. The zero-order valence-corrected chi connectivity index (χ0v) is 14.3. The van der Waals surface area contributed by atoms with Crippen LogP contribution in [0.1, 0.15) is 0 Å². The van der Waals surface area contributed by atoms with Crippen LogP contribution in [0.25, 0.3) is 32.9 Å². The van der Waals surface area contributed by atoms with E-state index in [1.54, 1.807) is 24.4 Å². The normalized spacial score (nSPS) is 10.9. The topological polar surface area (TPSA) is 85.1 Å². The molecule has 7 heteroatoms. The quantitative estimate of drug-likeness (QED) is 0.601. The molecule has 4 aromatic rings. The first-order chi connectivity index (χ1) is 12.6. The van der Waals surface area contributed by atoms with E-state index in [0.29, 0.717) is 15.9 Å². The number of carboxylic acids is 1. The molecule has 0 atom stereocenters. The summed E-state index contributed by atoms with van der Waals surface area (Å²) in [5.41, 5.74) is 1.74. The molecule has 0 spiro atoms. The molecule has 0 bridgehead atoms. The number of aromatic nitrogens is 3. The van der Waals surface area contributed by atoms with Gasteiger partial charge in [-0.25, -0.2) is 4.98 Å². The summed E-state index contributed by atoms with van der Waals surface area (Å²) in [5, 5.41) is 11.6. The fourth-order valence-corrected chi connectivity index (χ4v) is 3.76. The Morgan fingerprint density at radius 3 is 2.58 bits per heavy atom. The van der Waals surface area contributed by atoms with Gasteiger partial charge in [0.05, 0.1) is 5.39 Å². The van der Waals surface area contributed by atoms with Crippen molar-refractivity contribution in [2.45, 2.75) is 6.54 Å². The van der Waals surface area contributed by atoms with Gasteiger partial charge in [0, 0.05) is 17.1 Å². The number of hydrogen-bond donors (Lipinski definition) is 1. The maximum absolute atomic E-state index is 13.2. The highest BCUT2D eigenvalue weighted by atomic mass is 32.1. The number of aliphatic carboxylic acids is 1. The van der Waals surface area contributed by atoms with Gasteiger partial charge >= 0.3 is 5.97 Å². The summed E-state index contributed by atoms with van der Waals surface area (Å²) in [7, 11) is 0. The molecule has 0 aliphatic rings. The summed E-state index contributed by atoms with van der Waals surface area (Å²) in [6.07, 6.45) is 1.58. The lowest BCUT2D eigenvalue weighted by atomic mass is 10.1. The molecule has 3 aromatic heterocycles. The Kier molecular flexibility index (Phi) is 4.06. The summed E-state index contributed by atoms with van der Waals surface area (Å²) in [6, 6.07) is 14.7. The van der Waals surface area contributed by atoms with Gasteiger partial charge in [-0.1, -0.05) is 36.4 Å². The van der Waals surface area contributed by atoms with Crippen molar-refractivity contribution in [3.63, 3.8) is 0 Å². The highest BCUT2D eigenvalue weighted by Crippen LogP contribution is 2.31. The summed E-state index contributed by atoms with van der Waals surface area (Å²) >= 11 is 1.36. The summed E-state index contributed by atoms with van der Waals surface area (Å²) in [4.78, 5) is 33.8. The molecule has 0 unspecified atom stereocenters. The molecule has 0 amide bonds. The first kappa shape index (κ1) is 16.2. The standard InChI is InChI=1S/C19H13N3O3S/c23-15(24)10-22-17(14-8-4-5-9-20-14)21-18-16(19(22)25)13(11-26-18)12-6-2-1-3-7-12/h1-9,11H,10H2,(H,23,24). The van der Waals surface area contributed by atoms with E-state index >= 15 is 0 Å². The van der Waals surface area contributed by atoms with E-state index in [0.717, 1.165) is 11.1 Å². The van der Waals surface area contributed by atoms with Crippen LogP contribution < -0.4 is 5.56 Å². The lowest BCUT2D eigenvalue weighted by molar-refractivity contribution is -0.137. The molecule has 0 radical (unpaired) electrons. The van der Waals surface area contributed by atoms with E-state index in [4.69, 9.17) is 0 Å². The van der Waals surface area contributed by atoms with Crippen molar-refractivity contribution in [2.75, 3.05) is 0 Å². The van der Waals surface area contributed by atoms with Crippen molar-refractivity contribution in [3.8, 4) is 22.6 Å². The Hall–Kier alpha value is -3.32. The van der Waals surface area contributed by atoms with E-state index in [1.165, 1.54) is 15.9 Å². The number of nitrogens with zero attached hydrogens (tertiary/aromatic N) is 3. The SMILES string of the molecule is O=C(O)Cn1c(-c2ccccn2)nc2scc(-c3ccccc3)c2c1=O. The Balaban J connectivity index is 2.03. The Bertz CT molecular complexity index is 1150. The van der Waals surface area contributed by atoms with Crippen LogP contribution in [-0.2, 0) is 11.3 Å². The van der Waals surface area contributed by atoms with Crippen LogP contribution in [-0.4, -0.2) is 25.6 Å². The second kappa shape index (κ2) is 6.53. The van der Waals surface area contributed by atoms with Crippen molar-refractivity contribution >= 4 is 27.5 Å². The van der Waals surface area contributed by atoms with Crippen LogP contribution in [0, 0.1) is 0 Å². The maximum atomic E-state index is 13.2. The van der Waals surface area contributed by atoms with Crippen molar-refractivity contribution < 1.29 is 9.90 Å². The summed E-state index contributed by atoms with van der Waals surface area (Å²) < 4.78 is 1.17. The highest BCUT2D eigenvalue weighted by molar-refractivity contribution is 7.17. The lowest BCUT2D eigenvalue weighted by Gasteiger charge is -2.10. The monoisotopic (exact) mass is 363 g/mol. The number of pyridine rings is 1. The van der Waals surface area contributed by atoms with Crippen LogP contribution in [0.2, 0.25) is 0 Å². The van der Waals surface area contributed by atoms with E-state index in [2.05, 4.69) is 9.97 Å². The highest BCUT2D eigenvalue weighted by Gasteiger charge is 2.19. The molecule has 4 rings (SSSR count). The molecule has 1 aromatic carbocycles. The average molecular weight is 363 g/mol. The summed E-state index contributed by atoms with van der Waals surface area (Å²) in [5.74, 6) is -0.853. The van der Waals surface area contributed by atoms with Gasteiger partial charge in [0.25, 0.3) is 5.56 Å². The van der Waals surface area contributed by atoms with Crippen molar-refractivity contribution in [1.29, 1.82) is 0 Å². The van der Waals surface area contributed by atoms with Gasteiger partial charge in [-0.2, -0.15) is 0 Å². The van der Waals surface area contributed by atoms with Gasteiger partial charge in [0.1, 0.15) is 17.1 Å². The molecule has 0 aliphatic heterocycles. The molecule has 0 aliphatic carbocycles. The first-order valence-electron chi connectivity index (χ1n) is 7.86. The number of hydrogen-bond acceptors (Lipinski definition) is 5. The molecular formula is C19H13N3O3S. The molecule has 26 heavy (non-hydrogen) atoms. The fourth-order valence-electron chi connectivity index (χ4n) is 2.83. The fraction of sp³-hybridized carbons (Fsp3) is 0.0526. The van der Waals surface area contributed by atoms with Crippen molar-refractivity contribution in [1.82, 2.24) is 14.5 Å². The van der Waals surface area contributed by atoms with E-state index in [1.807, 2.05) is 35.7 Å². The molecule has 128 valence electrons. The van der Waals surface area contributed by atoms with Gasteiger partial charge in [0.15, 0.2) is 5.82 Å². The van der Waals surface area contributed by atoms with Gasteiger partial charge < -0.3 is 5.11 Å². The molecule has 0 saturated carbocycles. The number of fused-ring (bicyclic) bond motifs is 1. The number of thiophene rings is 1. The molecule has 6 nitrogen and oxygen atoms in total. The lowest BCUT2D eigenvalue weighted by Crippen LogP contribution is -2.27. The van der Waals surface area contributed by atoms with Crippen LogP contribution in [0.3, 0.4) is 0 Å². The smallest absolute Gasteiger partial charge is 0.323 e. The molecule has 0 saturated heterocycles. The van der Waals surface area contributed by atoms with Crippen molar-refractivity contribution in [3.05, 3.63) is 70.5 Å². The maximum Gasteiger partial charge on any atom is 0.323 e. The predicted molar refractivity (Wildman–Crippen MR) is 100 cm³/mol. The minimum absolute atomic E-state index is 0.256. The third-order valence-electron chi connectivity index (χ3n) is 3.97. The third-order valence-corrected chi connectivity index (χ3v) is 4.84. The largest absolute Gasteiger partial charge is 0.480 e. The predicted octanol–water partition coefficient (Wildman–Crippen LogP) is 3.27. The van der Waals surface area contributed by atoms with Crippen LogP contribution >= 0.6 is 11.3 Å². The molecule has 1 N–H and O–H groups in total. The van der Waals surface area contributed by atoms with Crippen LogP contribution in [0.4, 0.5) is 0 Å². The number of rotatable bonds is 4. The number of carbonyl (C=O) groups is 1. The second-order valence-electron chi connectivity index (χ2n) is 5.63. The second-order valence-corrected chi connectivity index (χ2v) is 6.49. The average Bonchev–Trinajstić information content (AvgIpc) is 3.09. The molecule has 3 heterocycles. The number of benzene rings is 1.